The highest BCUT2D eigenvalue weighted by Gasteiger charge is 1.96. The number of nitrogens with one attached hydrogen (secondary N) is 1. The lowest BCUT2D eigenvalue weighted by Crippen LogP contribution is -1.93. The fourth-order valence-corrected chi connectivity index (χ4v) is 1.04. The van der Waals surface area contributed by atoms with Crippen molar-refractivity contribution in [3.63, 3.8) is 0 Å². The van der Waals surface area contributed by atoms with Gasteiger partial charge in [-0.1, -0.05) is 0 Å². The Morgan fingerprint density at radius 2 is 2.07 bits per heavy atom. The molecule has 0 unspecified atom stereocenters. The zero-order chi connectivity index (χ0) is 10.5. The van der Waals surface area contributed by atoms with Crippen molar-refractivity contribution in [2.75, 3.05) is 25.7 Å². The van der Waals surface area contributed by atoms with Gasteiger partial charge in [0, 0.05) is 0 Å². The molecule has 3 heterocycles. The second kappa shape index (κ2) is 4.67. The van der Waals surface area contributed by atoms with Crippen LogP contribution in [-0.2, 0) is 9.47 Å². The lowest BCUT2D eigenvalue weighted by atomic mass is 10.6. The van der Waals surface area contributed by atoms with Gasteiger partial charge in [-0.3, -0.25) is 0 Å². The third-order valence-corrected chi connectivity index (χ3v) is 1.73. The van der Waals surface area contributed by atoms with Crippen molar-refractivity contribution < 1.29 is 9.47 Å². The summed E-state index contributed by atoms with van der Waals surface area (Å²) in [6.45, 7) is 2.06. The van der Waals surface area contributed by atoms with Gasteiger partial charge in [0.1, 0.15) is 12.3 Å². The SMILES string of the molecule is C1COCO1.Nc1ncc2[nH]cnc2n1. The molecule has 0 saturated carbocycles. The predicted octanol–water partition coefficient (Wildman–Crippen LogP) is -0.0742. The highest BCUT2D eigenvalue weighted by molar-refractivity contribution is 5.69. The van der Waals surface area contributed by atoms with E-state index in [1.807, 2.05) is 0 Å². The van der Waals surface area contributed by atoms with Crippen LogP contribution in [0.2, 0.25) is 0 Å². The Hall–Kier alpha value is -1.73. The van der Waals surface area contributed by atoms with Crippen molar-refractivity contribution in [2.24, 2.45) is 0 Å². The molecule has 3 rings (SSSR count). The summed E-state index contributed by atoms with van der Waals surface area (Å²) >= 11 is 0. The summed E-state index contributed by atoms with van der Waals surface area (Å²) in [6.07, 6.45) is 3.16. The van der Waals surface area contributed by atoms with Crippen molar-refractivity contribution in [1.82, 2.24) is 19.9 Å². The maximum Gasteiger partial charge on any atom is 0.222 e. The van der Waals surface area contributed by atoms with E-state index in [-0.39, 0.29) is 5.95 Å². The van der Waals surface area contributed by atoms with Gasteiger partial charge in [-0.15, -0.1) is 0 Å². The molecule has 0 spiro atoms. The predicted molar refractivity (Wildman–Crippen MR) is 52.9 cm³/mol. The van der Waals surface area contributed by atoms with Crippen molar-refractivity contribution in [2.45, 2.75) is 0 Å². The number of hydrogen-bond donors (Lipinski definition) is 2. The summed E-state index contributed by atoms with van der Waals surface area (Å²) in [6, 6.07) is 0. The molecule has 0 aromatic carbocycles. The van der Waals surface area contributed by atoms with E-state index < -0.39 is 0 Å². The average Bonchev–Trinajstić information content (AvgIpc) is 2.91. The smallest absolute Gasteiger partial charge is 0.222 e. The van der Waals surface area contributed by atoms with Gasteiger partial charge >= 0.3 is 0 Å². The Morgan fingerprint density at radius 1 is 1.27 bits per heavy atom. The number of imidazole rings is 1. The summed E-state index contributed by atoms with van der Waals surface area (Å²) in [4.78, 5) is 14.4. The van der Waals surface area contributed by atoms with E-state index in [4.69, 9.17) is 15.2 Å². The number of aromatic amines is 1. The van der Waals surface area contributed by atoms with E-state index in [0.29, 0.717) is 12.4 Å². The van der Waals surface area contributed by atoms with Gasteiger partial charge in [-0.25, -0.2) is 9.97 Å². The molecule has 1 saturated heterocycles. The molecule has 1 aliphatic heterocycles. The minimum Gasteiger partial charge on any atom is -0.368 e. The lowest BCUT2D eigenvalue weighted by Gasteiger charge is -1.87. The summed E-state index contributed by atoms with van der Waals surface area (Å²) < 4.78 is 9.44. The van der Waals surface area contributed by atoms with Crippen LogP contribution in [0.3, 0.4) is 0 Å². The van der Waals surface area contributed by atoms with E-state index >= 15 is 0 Å². The second-order valence-corrected chi connectivity index (χ2v) is 2.80. The van der Waals surface area contributed by atoms with Gasteiger partial charge in [-0.2, -0.15) is 4.98 Å². The molecule has 2 aromatic heterocycles. The molecule has 0 aliphatic carbocycles. The molecular weight excluding hydrogens is 198 g/mol. The minimum absolute atomic E-state index is 0.250. The molecule has 7 heteroatoms. The monoisotopic (exact) mass is 209 g/mol. The van der Waals surface area contributed by atoms with E-state index in [0.717, 1.165) is 18.7 Å². The molecule has 0 atom stereocenters. The van der Waals surface area contributed by atoms with Crippen LogP contribution in [0.1, 0.15) is 0 Å². The van der Waals surface area contributed by atoms with Crippen LogP contribution in [0.25, 0.3) is 11.2 Å². The molecule has 1 fully saturated rings. The van der Waals surface area contributed by atoms with Gasteiger partial charge in [-0.05, 0) is 0 Å². The van der Waals surface area contributed by atoms with Crippen LogP contribution < -0.4 is 5.73 Å². The number of nitrogens with zero attached hydrogens (tertiary/aromatic N) is 3. The van der Waals surface area contributed by atoms with Crippen LogP contribution in [0, 0.1) is 0 Å². The third kappa shape index (κ3) is 2.61. The Labute approximate surface area is 85.6 Å². The first-order valence-electron chi connectivity index (χ1n) is 4.43. The molecule has 0 amide bonds. The number of hydrogen-bond acceptors (Lipinski definition) is 6. The Morgan fingerprint density at radius 3 is 2.73 bits per heavy atom. The number of rotatable bonds is 0. The van der Waals surface area contributed by atoms with E-state index in [2.05, 4.69) is 19.9 Å². The minimum atomic E-state index is 0.250. The van der Waals surface area contributed by atoms with Gasteiger partial charge in [0.25, 0.3) is 0 Å². The number of nitrogens with two attached hydrogens (primary N) is 1. The molecule has 1 aliphatic rings. The van der Waals surface area contributed by atoms with Crippen LogP contribution >= 0.6 is 0 Å². The van der Waals surface area contributed by atoms with Crippen LogP contribution in [0.15, 0.2) is 12.5 Å². The average molecular weight is 209 g/mol. The number of nitrogen functional groups attached to an aromatic ring is 1. The maximum atomic E-state index is 5.31. The number of fused-ring (bicyclic) bond motifs is 1. The lowest BCUT2D eigenvalue weighted by molar-refractivity contribution is 0.0692. The van der Waals surface area contributed by atoms with Crippen molar-refractivity contribution >= 4 is 17.1 Å². The summed E-state index contributed by atoms with van der Waals surface area (Å²) in [5.74, 6) is 0.250. The quantitative estimate of drug-likeness (QED) is 0.630. The topological polar surface area (TPSA) is 98.9 Å². The van der Waals surface area contributed by atoms with Crippen molar-refractivity contribution in [1.29, 1.82) is 0 Å². The van der Waals surface area contributed by atoms with Crippen molar-refractivity contribution in [3.05, 3.63) is 12.5 Å². The highest BCUT2D eigenvalue weighted by Crippen LogP contribution is 2.03. The van der Waals surface area contributed by atoms with E-state index in [9.17, 15) is 0 Å². The fraction of sp³-hybridized carbons (Fsp3) is 0.375. The largest absolute Gasteiger partial charge is 0.368 e. The Kier molecular flexibility index (Phi) is 3.05. The zero-order valence-corrected chi connectivity index (χ0v) is 8.01. The third-order valence-electron chi connectivity index (χ3n) is 1.73. The van der Waals surface area contributed by atoms with E-state index in [1.165, 1.54) is 0 Å². The van der Waals surface area contributed by atoms with Gasteiger partial charge in [0.15, 0.2) is 5.65 Å². The zero-order valence-electron chi connectivity index (χ0n) is 8.01. The Bertz CT molecular complexity index is 418. The van der Waals surface area contributed by atoms with Gasteiger partial charge in [0.05, 0.1) is 25.7 Å². The van der Waals surface area contributed by atoms with Crippen LogP contribution in [-0.4, -0.2) is 39.9 Å². The first-order chi connectivity index (χ1) is 7.36. The second-order valence-electron chi connectivity index (χ2n) is 2.80. The van der Waals surface area contributed by atoms with Crippen molar-refractivity contribution in [3.8, 4) is 0 Å². The normalized spacial score (nSPS) is 14.9. The Balaban J connectivity index is 0.000000144. The van der Waals surface area contributed by atoms with Gasteiger partial charge < -0.3 is 20.2 Å². The van der Waals surface area contributed by atoms with Crippen LogP contribution in [0.5, 0.6) is 0 Å². The first-order valence-corrected chi connectivity index (χ1v) is 4.43. The summed E-state index contributed by atoms with van der Waals surface area (Å²) in [7, 11) is 0. The first kappa shape index (κ1) is 9.81. The molecule has 15 heavy (non-hydrogen) atoms. The molecule has 2 aromatic rings. The summed E-state index contributed by atoms with van der Waals surface area (Å²) in [5, 5.41) is 0. The summed E-state index contributed by atoms with van der Waals surface area (Å²) in [5.41, 5.74) is 6.71. The molecule has 80 valence electrons. The van der Waals surface area contributed by atoms with Crippen LogP contribution in [0.4, 0.5) is 5.95 Å². The number of H-pyrrole nitrogens is 1. The maximum absolute atomic E-state index is 5.31. The number of aromatic nitrogens is 4. The molecule has 0 bridgehead atoms. The fourth-order valence-electron chi connectivity index (χ4n) is 1.04. The standard InChI is InChI=1S/C5H5N5.C3H6O2/c6-5-7-1-3-4(10-5)9-2-8-3;1-2-5-3-4-1/h1-2H,(H3,6,7,8,9,10);1-3H2. The number of ether oxygens (including phenoxy) is 2. The number of anilines is 1. The van der Waals surface area contributed by atoms with E-state index in [1.54, 1.807) is 12.5 Å². The molecule has 0 radical (unpaired) electrons. The molecule has 3 N–H and O–H groups in total. The molecular formula is C8H11N5O2. The molecule has 7 nitrogen and oxygen atoms in total. The highest BCUT2D eigenvalue weighted by atomic mass is 16.7. The van der Waals surface area contributed by atoms with Gasteiger partial charge in [0.2, 0.25) is 5.95 Å².